The minimum atomic E-state index is -0.375. The van der Waals surface area contributed by atoms with Crippen molar-refractivity contribution in [3.8, 4) is 0 Å². The van der Waals surface area contributed by atoms with Gasteiger partial charge in [0.2, 0.25) is 0 Å². The first-order valence-electron chi connectivity index (χ1n) is 9.76. The van der Waals surface area contributed by atoms with Gasteiger partial charge in [-0.3, -0.25) is 14.0 Å². The number of allylic oxidation sites excluding steroid dienone is 1. The van der Waals surface area contributed by atoms with E-state index >= 15 is 0 Å². The Kier molecular flexibility index (Phi) is 5.80. The van der Waals surface area contributed by atoms with E-state index in [0.717, 1.165) is 12.1 Å². The molecule has 4 aromatic rings. The third kappa shape index (κ3) is 4.05. The standard InChI is InChI=1S/C25H21N3O2/c29-19-22-24(26-23-16-8-10-18-28(23)25(22)30)27(21-14-5-2-6-15-21)17-9-7-13-20-11-3-1-4-12-20/h1-12,14-16,18-19H,13,17H2/b9-7+. The minimum absolute atomic E-state index is 0.0408. The second-order valence-corrected chi connectivity index (χ2v) is 6.81. The molecule has 0 N–H and O–H groups in total. The maximum absolute atomic E-state index is 12.9. The summed E-state index contributed by atoms with van der Waals surface area (Å²) in [5.74, 6) is 0.358. The van der Waals surface area contributed by atoms with Gasteiger partial charge in [-0.15, -0.1) is 0 Å². The second-order valence-electron chi connectivity index (χ2n) is 6.81. The van der Waals surface area contributed by atoms with E-state index in [2.05, 4.69) is 23.2 Å². The lowest BCUT2D eigenvalue weighted by Gasteiger charge is -2.24. The van der Waals surface area contributed by atoms with Gasteiger partial charge in [0.25, 0.3) is 5.56 Å². The molecule has 0 aliphatic rings. The Balaban J connectivity index is 1.73. The highest BCUT2D eigenvalue weighted by Crippen LogP contribution is 2.25. The quantitative estimate of drug-likeness (QED) is 0.343. The van der Waals surface area contributed by atoms with Gasteiger partial charge >= 0.3 is 0 Å². The molecule has 0 saturated heterocycles. The van der Waals surface area contributed by atoms with E-state index in [9.17, 15) is 9.59 Å². The Morgan fingerprint density at radius 3 is 2.30 bits per heavy atom. The molecule has 148 valence electrons. The predicted molar refractivity (Wildman–Crippen MR) is 120 cm³/mol. The molecule has 0 fully saturated rings. The molecule has 0 atom stereocenters. The van der Waals surface area contributed by atoms with E-state index in [-0.39, 0.29) is 11.1 Å². The van der Waals surface area contributed by atoms with Gasteiger partial charge in [-0.05, 0) is 36.2 Å². The van der Waals surface area contributed by atoms with Crippen molar-refractivity contribution in [3.05, 3.63) is 119 Å². The zero-order valence-corrected chi connectivity index (χ0v) is 16.4. The summed E-state index contributed by atoms with van der Waals surface area (Å²) < 4.78 is 1.39. The predicted octanol–water partition coefficient (Wildman–Crippen LogP) is 4.44. The molecule has 4 rings (SSSR count). The Hall–Kier alpha value is -3.99. The lowest BCUT2D eigenvalue weighted by Crippen LogP contribution is -2.27. The number of nitrogens with zero attached hydrogens (tertiary/aromatic N) is 3. The average molecular weight is 395 g/mol. The number of hydrogen-bond donors (Lipinski definition) is 0. The van der Waals surface area contributed by atoms with E-state index < -0.39 is 0 Å². The molecule has 5 nitrogen and oxygen atoms in total. The molecular formula is C25H21N3O2. The zero-order chi connectivity index (χ0) is 20.8. The van der Waals surface area contributed by atoms with Gasteiger partial charge in [0.1, 0.15) is 11.2 Å². The fraction of sp³-hybridized carbons (Fsp3) is 0.0800. The second kappa shape index (κ2) is 9.01. The van der Waals surface area contributed by atoms with Crippen LogP contribution in [0.5, 0.6) is 0 Å². The van der Waals surface area contributed by atoms with Crippen LogP contribution in [0.3, 0.4) is 0 Å². The number of carbonyl (C=O) groups is 1. The summed E-state index contributed by atoms with van der Waals surface area (Å²) in [6.07, 6.45) is 7.13. The van der Waals surface area contributed by atoms with Crippen molar-refractivity contribution < 1.29 is 4.79 Å². The smallest absolute Gasteiger partial charge is 0.270 e. The molecule has 2 aromatic heterocycles. The largest absolute Gasteiger partial charge is 0.322 e. The highest BCUT2D eigenvalue weighted by Gasteiger charge is 2.18. The molecule has 0 saturated carbocycles. The summed E-state index contributed by atoms with van der Waals surface area (Å²) in [6, 6.07) is 25.1. The number of benzene rings is 2. The summed E-state index contributed by atoms with van der Waals surface area (Å²) in [5.41, 5.74) is 2.24. The maximum atomic E-state index is 12.9. The number of hydrogen-bond acceptors (Lipinski definition) is 4. The van der Waals surface area contributed by atoms with E-state index in [0.29, 0.717) is 24.3 Å². The van der Waals surface area contributed by atoms with Crippen LogP contribution in [-0.4, -0.2) is 22.2 Å². The molecule has 0 spiro atoms. The molecular weight excluding hydrogens is 374 g/mol. The number of pyridine rings is 1. The average Bonchev–Trinajstić information content (AvgIpc) is 2.80. The van der Waals surface area contributed by atoms with E-state index in [1.54, 1.807) is 18.3 Å². The molecule has 0 aliphatic carbocycles. The number of aromatic nitrogens is 2. The van der Waals surface area contributed by atoms with Crippen LogP contribution in [-0.2, 0) is 6.42 Å². The van der Waals surface area contributed by atoms with Gasteiger partial charge < -0.3 is 4.90 Å². The molecule has 2 aromatic carbocycles. The number of fused-ring (bicyclic) bond motifs is 1. The van der Waals surface area contributed by atoms with Crippen LogP contribution in [0.4, 0.5) is 11.5 Å². The van der Waals surface area contributed by atoms with E-state index in [1.807, 2.05) is 65.6 Å². The summed E-state index contributed by atoms with van der Waals surface area (Å²) in [6.45, 7) is 0.479. The Labute approximate surface area is 174 Å². The number of anilines is 2. The monoisotopic (exact) mass is 395 g/mol. The van der Waals surface area contributed by atoms with Crippen LogP contribution < -0.4 is 10.5 Å². The van der Waals surface area contributed by atoms with Crippen LogP contribution >= 0.6 is 0 Å². The number of carbonyl (C=O) groups excluding carboxylic acids is 1. The van der Waals surface area contributed by atoms with Crippen LogP contribution in [0.25, 0.3) is 5.65 Å². The fourth-order valence-electron chi connectivity index (χ4n) is 3.34. The number of rotatable bonds is 7. The highest BCUT2D eigenvalue weighted by atomic mass is 16.1. The Morgan fingerprint density at radius 1 is 0.867 bits per heavy atom. The van der Waals surface area contributed by atoms with Gasteiger partial charge in [0.05, 0.1) is 0 Å². The van der Waals surface area contributed by atoms with Crippen LogP contribution in [0, 0.1) is 0 Å². The number of aldehydes is 1. The van der Waals surface area contributed by atoms with Gasteiger partial charge in [0, 0.05) is 18.4 Å². The molecule has 30 heavy (non-hydrogen) atoms. The summed E-state index contributed by atoms with van der Waals surface area (Å²) in [5, 5.41) is 0. The fourth-order valence-corrected chi connectivity index (χ4v) is 3.34. The topological polar surface area (TPSA) is 54.7 Å². The van der Waals surface area contributed by atoms with Gasteiger partial charge in [0.15, 0.2) is 12.1 Å². The summed E-state index contributed by atoms with van der Waals surface area (Å²) in [4.78, 5) is 31.3. The lowest BCUT2D eigenvalue weighted by atomic mass is 10.1. The summed E-state index contributed by atoms with van der Waals surface area (Å²) >= 11 is 0. The van der Waals surface area contributed by atoms with Gasteiger partial charge in [-0.1, -0.05) is 66.7 Å². The first kappa shape index (κ1) is 19.3. The Morgan fingerprint density at radius 2 is 1.57 bits per heavy atom. The Bertz CT molecular complexity index is 1230. The van der Waals surface area contributed by atoms with E-state index in [4.69, 9.17) is 0 Å². The van der Waals surface area contributed by atoms with Crippen molar-refractivity contribution in [2.24, 2.45) is 0 Å². The van der Waals surface area contributed by atoms with Gasteiger partial charge in [-0.25, -0.2) is 4.98 Å². The minimum Gasteiger partial charge on any atom is -0.322 e. The first-order valence-corrected chi connectivity index (χ1v) is 9.76. The van der Waals surface area contributed by atoms with Crippen molar-refractivity contribution in [3.63, 3.8) is 0 Å². The SMILES string of the molecule is O=Cc1c(N(C/C=C/Cc2ccccc2)c2ccccc2)nc2ccccn2c1=O. The van der Waals surface area contributed by atoms with Crippen molar-refractivity contribution in [1.82, 2.24) is 9.38 Å². The van der Waals surface area contributed by atoms with Crippen LogP contribution in [0.2, 0.25) is 0 Å². The molecule has 0 unspecified atom stereocenters. The third-order valence-corrected chi connectivity index (χ3v) is 4.84. The normalized spacial score (nSPS) is 11.1. The molecule has 0 aliphatic heterocycles. The van der Waals surface area contributed by atoms with Gasteiger partial charge in [-0.2, -0.15) is 0 Å². The zero-order valence-electron chi connectivity index (χ0n) is 16.4. The van der Waals surface area contributed by atoms with E-state index in [1.165, 1.54) is 9.96 Å². The van der Waals surface area contributed by atoms with Crippen LogP contribution in [0.15, 0.2) is 102 Å². The molecule has 0 amide bonds. The van der Waals surface area contributed by atoms with Crippen molar-refractivity contribution in [2.45, 2.75) is 6.42 Å². The molecule has 0 radical (unpaired) electrons. The highest BCUT2D eigenvalue weighted by molar-refractivity contribution is 5.85. The molecule has 2 heterocycles. The molecule has 0 bridgehead atoms. The van der Waals surface area contributed by atoms with Crippen molar-refractivity contribution in [1.29, 1.82) is 0 Å². The lowest BCUT2D eigenvalue weighted by molar-refractivity contribution is 0.112. The van der Waals surface area contributed by atoms with Crippen LogP contribution in [0.1, 0.15) is 15.9 Å². The maximum Gasteiger partial charge on any atom is 0.270 e. The van der Waals surface area contributed by atoms with Crippen molar-refractivity contribution in [2.75, 3.05) is 11.4 Å². The molecule has 5 heteroatoms. The summed E-state index contributed by atoms with van der Waals surface area (Å²) in [7, 11) is 0. The third-order valence-electron chi connectivity index (χ3n) is 4.84. The first-order chi connectivity index (χ1) is 14.8. The van der Waals surface area contributed by atoms with Crippen molar-refractivity contribution >= 4 is 23.4 Å². The number of para-hydroxylation sites is 1.